The third-order valence-corrected chi connectivity index (χ3v) is 5.39. The molecule has 0 aliphatic carbocycles. The molecule has 3 rings (SSSR count). The number of rotatable bonds is 8. The molecule has 2 aromatic carbocycles. The van der Waals surface area contributed by atoms with E-state index in [1.54, 1.807) is 18.2 Å². The fourth-order valence-electron chi connectivity index (χ4n) is 3.68. The van der Waals surface area contributed by atoms with Crippen LogP contribution in [0, 0.1) is 13.8 Å². The predicted molar refractivity (Wildman–Crippen MR) is 121 cm³/mol. The number of aryl methyl sites for hydroxylation is 2. The fourth-order valence-corrected chi connectivity index (χ4v) is 3.68. The molecular formula is C24H30N4O2. The van der Waals surface area contributed by atoms with Crippen LogP contribution in [0.25, 0.3) is 0 Å². The SMILES string of the molecule is Cc1cc(O)cc(C)c1C[C@@H](CNc1nc(=O)cc(Cc2ccccc2)[nH]1)N(C)C. The van der Waals surface area contributed by atoms with E-state index >= 15 is 0 Å². The smallest absolute Gasteiger partial charge is 0.274 e. The number of benzene rings is 2. The molecule has 6 nitrogen and oxygen atoms in total. The van der Waals surface area contributed by atoms with Crippen LogP contribution >= 0.6 is 0 Å². The molecule has 0 bridgehead atoms. The van der Waals surface area contributed by atoms with Gasteiger partial charge in [0.05, 0.1) is 0 Å². The Labute approximate surface area is 177 Å². The molecule has 1 aromatic heterocycles. The highest BCUT2D eigenvalue weighted by molar-refractivity contribution is 5.41. The zero-order chi connectivity index (χ0) is 21.7. The number of phenolic OH excluding ortho intramolecular Hbond substituents is 1. The van der Waals surface area contributed by atoms with Crippen LogP contribution in [0.1, 0.15) is 27.9 Å². The number of H-pyrrole nitrogens is 1. The summed E-state index contributed by atoms with van der Waals surface area (Å²) >= 11 is 0. The normalized spacial score (nSPS) is 12.2. The Morgan fingerprint density at radius 2 is 1.77 bits per heavy atom. The van der Waals surface area contributed by atoms with Crippen LogP contribution in [-0.4, -0.2) is 46.7 Å². The van der Waals surface area contributed by atoms with Crippen LogP contribution in [-0.2, 0) is 12.8 Å². The lowest BCUT2D eigenvalue weighted by atomic mass is 9.95. The van der Waals surface area contributed by atoms with Gasteiger partial charge in [-0.05, 0) is 68.8 Å². The molecule has 30 heavy (non-hydrogen) atoms. The van der Waals surface area contributed by atoms with E-state index in [0.717, 1.165) is 28.8 Å². The summed E-state index contributed by atoms with van der Waals surface area (Å²) in [5, 5.41) is 13.1. The number of hydrogen-bond donors (Lipinski definition) is 3. The molecular weight excluding hydrogens is 376 g/mol. The minimum Gasteiger partial charge on any atom is -0.508 e. The first kappa shape index (κ1) is 21.6. The molecule has 6 heteroatoms. The van der Waals surface area contributed by atoms with E-state index in [9.17, 15) is 9.90 Å². The quantitative estimate of drug-likeness (QED) is 0.535. The number of likely N-dealkylation sites (N-methyl/N-ethyl adjacent to an activating group) is 1. The highest BCUT2D eigenvalue weighted by Crippen LogP contribution is 2.23. The van der Waals surface area contributed by atoms with Gasteiger partial charge in [0.25, 0.3) is 5.56 Å². The van der Waals surface area contributed by atoms with Crippen molar-refractivity contribution in [3.63, 3.8) is 0 Å². The maximum atomic E-state index is 12.1. The second kappa shape index (κ2) is 9.59. The number of aromatic amines is 1. The second-order valence-corrected chi connectivity index (χ2v) is 8.02. The number of phenols is 1. The molecule has 0 unspecified atom stereocenters. The van der Waals surface area contributed by atoms with E-state index in [1.807, 2.05) is 58.3 Å². The van der Waals surface area contributed by atoms with Crippen LogP contribution < -0.4 is 10.9 Å². The van der Waals surface area contributed by atoms with E-state index in [2.05, 4.69) is 20.2 Å². The van der Waals surface area contributed by atoms with Crippen molar-refractivity contribution in [2.24, 2.45) is 0 Å². The van der Waals surface area contributed by atoms with Gasteiger partial charge in [-0.3, -0.25) is 4.79 Å². The number of aromatic nitrogens is 2. The van der Waals surface area contributed by atoms with Gasteiger partial charge in [0.1, 0.15) is 5.75 Å². The molecule has 0 spiro atoms. The van der Waals surface area contributed by atoms with Gasteiger partial charge >= 0.3 is 0 Å². The third-order valence-electron chi connectivity index (χ3n) is 5.39. The zero-order valence-electron chi connectivity index (χ0n) is 18.1. The van der Waals surface area contributed by atoms with Crippen LogP contribution in [0.4, 0.5) is 5.95 Å². The monoisotopic (exact) mass is 406 g/mol. The molecule has 0 fully saturated rings. The van der Waals surface area contributed by atoms with Crippen molar-refractivity contribution in [3.05, 3.63) is 86.8 Å². The van der Waals surface area contributed by atoms with E-state index in [0.29, 0.717) is 24.7 Å². The van der Waals surface area contributed by atoms with E-state index < -0.39 is 0 Å². The Bertz CT molecular complexity index is 1020. The van der Waals surface area contributed by atoms with Crippen LogP contribution in [0.2, 0.25) is 0 Å². The molecule has 0 amide bonds. The van der Waals surface area contributed by atoms with Crippen molar-refractivity contribution >= 4 is 5.95 Å². The van der Waals surface area contributed by atoms with Crippen molar-refractivity contribution < 1.29 is 5.11 Å². The molecule has 0 aliphatic rings. The number of nitrogens with zero attached hydrogens (tertiary/aromatic N) is 2. The van der Waals surface area contributed by atoms with Gasteiger partial charge in [0.15, 0.2) is 0 Å². The first-order valence-electron chi connectivity index (χ1n) is 10.2. The molecule has 1 heterocycles. The molecule has 0 saturated carbocycles. The number of aromatic hydroxyl groups is 1. The summed E-state index contributed by atoms with van der Waals surface area (Å²) in [7, 11) is 4.08. The maximum Gasteiger partial charge on any atom is 0.274 e. The highest BCUT2D eigenvalue weighted by Gasteiger charge is 2.16. The standard InChI is InChI=1S/C24H30N4O2/c1-16-10-21(29)11-17(2)22(16)14-20(28(3)4)15-25-24-26-19(13-23(30)27-24)12-18-8-6-5-7-9-18/h5-11,13,20,29H,12,14-15H2,1-4H3,(H2,25,26,27,30)/t20-/m0/s1. The van der Waals surface area contributed by atoms with Crippen LogP contribution in [0.5, 0.6) is 5.75 Å². The van der Waals surface area contributed by atoms with Crippen molar-refractivity contribution in [2.45, 2.75) is 32.7 Å². The molecule has 0 radical (unpaired) electrons. The lowest BCUT2D eigenvalue weighted by molar-refractivity contribution is 0.302. The van der Waals surface area contributed by atoms with Gasteiger partial charge in [-0.2, -0.15) is 4.98 Å². The second-order valence-electron chi connectivity index (χ2n) is 8.02. The first-order valence-corrected chi connectivity index (χ1v) is 10.2. The molecule has 0 saturated heterocycles. The zero-order valence-corrected chi connectivity index (χ0v) is 18.1. The minimum absolute atomic E-state index is 0.190. The number of anilines is 1. The Morgan fingerprint density at radius 1 is 1.10 bits per heavy atom. The Balaban J connectivity index is 1.73. The fraction of sp³-hybridized carbons (Fsp3) is 0.333. The minimum atomic E-state index is -0.256. The van der Waals surface area contributed by atoms with Crippen LogP contribution in [0.3, 0.4) is 0 Å². The lowest BCUT2D eigenvalue weighted by Crippen LogP contribution is -2.37. The van der Waals surface area contributed by atoms with Crippen molar-refractivity contribution in [1.82, 2.24) is 14.9 Å². The Kier molecular flexibility index (Phi) is 6.90. The van der Waals surface area contributed by atoms with Crippen molar-refractivity contribution in [2.75, 3.05) is 26.0 Å². The van der Waals surface area contributed by atoms with E-state index in [-0.39, 0.29) is 11.6 Å². The Hall–Kier alpha value is -3.12. The summed E-state index contributed by atoms with van der Waals surface area (Å²) in [6.45, 7) is 4.67. The average Bonchev–Trinajstić information content (AvgIpc) is 2.67. The summed E-state index contributed by atoms with van der Waals surface area (Å²) < 4.78 is 0. The summed E-state index contributed by atoms with van der Waals surface area (Å²) in [6.07, 6.45) is 1.47. The van der Waals surface area contributed by atoms with Crippen molar-refractivity contribution in [3.8, 4) is 5.75 Å². The first-order chi connectivity index (χ1) is 14.3. The molecule has 0 aliphatic heterocycles. The lowest BCUT2D eigenvalue weighted by Gasteiger charge is -2.26. The summed E-state index contributed by atoms with van der Waals surface area (Å²) in [6, 6.07) is 15.4. The van der Waals surface area contributed by atoms with Crippen molar-refractivity contribution in [1.29, 1.82) is 0 Å². The van der Waals surface area contributed by atoms with Gasteiger partial charge in [-0.25, -0.2) is 0 Å². The predicted octanol–water partition coefficient (Wildman–Crippen LogP) is 3.27. The molecule has 1 atom stereocenters. The largest absolute Gasteiger partial charge is 0.508 e. The van der Waals surface area contributed by atoms with E-state index in [1.165, 1.54) is 5.56 Å². The van der Waals surface area contributed by atoms with E-state index in [4.69, 9.17) is 0 Å². The van der Waals surface area contributed by atoms with Gasteiger partial charge in [-0.1, -0.05) is 30.3 Å². The summed E-state index contributed by atoms with van der Waals surface area (Å²) in [5.41, 5.74) is 5.10. The third kappa shape index (κ3) is 5.70. The number of nitrogens with one attached hydrogen (secondary N) is 2. The van der Waals surface area contributed by atoms with Gasteiger partial charge < -0.3 is 20.3 Å². The maximum absolute atomic E-state index is 12.1. The molecule has 158 valence electrons. The van der Waals surface area contributed by atoms with Gasteiger partial charge in [-0.15, -0.1) is 0 Å². The summed E-state index contributed by atoms with van der Waals surface area (Å²) in [5.74, 6) is 0.782. The van der Waals surface area contributed by atoms with Gasteiger partial charge in [0, 0.05) is 30.8 Å². The number of hydrogen-bond acceptors (Lipinski definition) is 5. The average molecular weight is 407 g/mol. The Morgan fingerprint density at radius 3 is 2.40 bits per heavy atom. The van der Waals surface area contributed by atoms with Gasteiger partial charge in [0.2, 0.25) is 5.95 Å². The summed E-state index contributed by atoms with van der Waals surface area (Å²) in [4.78, 5) is 21.6. The topological polar surface area (TPSA) is 81.2 Å². The molecule has 3 aromatic rings. The molecule has 3 N–H and O–H groups in total. The van der Waals surface area contributed by atoms with Crippen LogP contribution in [0.15, 0.2) is 53.3 Å². The highest BCUT2D eigenvalue weighted by atomic mass is 16.3.